The molecule has 0 aliphatic heterocycles. The van der Waals surface area contributed by atoms with Gasteiger partial charge in [-0.2, -0.15) is 0 Å². The minimum absolute atomic E-state index is 0.408. The van der Waals surface area contributed by atoms with Crippen LogP contribution in [0.5, 0.6) is 0 Å². The number of allylic oxidation sites excluding steroid dienone is 2. The fourth-order valence-corrected chi connectivity index (χ4v) is 2.59. The zero-order valence-electron chi connectivity index (χ0n) is 11.1. The maximum absolute atomic E-state index is 6.01. The van der Waals surface area contributed by atoms with Crippen LogP contribution >= 0.6 is 11.6 Å². The quantitative estimate of drug-likeness (QED) is 0.490. The van der Waals surface area contributed by atoms with Crippen molar-refractivity contribution in [2.24, 2.45) is 0 Å². The molecular formula is C17H13ClN2. The molecule has 2 aromatic carbocycles. The summed E-state index contributed by atoms with van der Waals surface area (Å²) >= 11 is 6.01. The summed E-state index contributed by atoms with van der Waals surface area (Å²) in [6.45, 7) is 5.82. The molecule has 3 rings (SSSR count). The van der Waals surface area contributed by atoms with Crippen molar-refractivity contribution in [1.82, 2.24) is 9.97 Å². The van der Waals surface area contributed by atoms with Crippen LogP contribution in [-0.2, 0) is 0 Å². The van der Waals surface area contributed by atoms with E-state index in [0.29, 0.717) is 5.15 Å². The van der Waals surface area contributed by atoms with Crippen LogP contribution in [0.1, 0.15) is 11.1 Å². The minimum Gasteiger partial charge on any atom is -0.251 e. The average Bonchev–Trinajstić information content (AvgIpc) is 2.48. The number of hydrogen-bond donors (Lipinski definition) is 0. The maximum atomic E-state index is 6.01. The molecule has 3 heteroatoms. The van der Waals surface area contributed by atoms with Gasteiger partial charge < -0.3 is 0 Å². The molecule has 0 bridgehead atoms. The molecule has 0 amide bonds. The molecule has 2 nitrogen and oxygen atoms in total. The van der Waals surface area contributed by atoms with E-state index in [-0.39, 0.29) is 0 Å². The Labute approximate surface area is 122 Å². The SMILES string of the molecule is C=C/C=C\c1c(C)c2ccccc2c2nc(Cl)cnc12. The van der Waals surface area contributed by atoms with E-state index in [0.717, 1.165) is 22.0 Å². The number of benzene rings is 2. The molecule has 0 aliphatic carbocycles. The molecule has 0 fully saturated rings. The van der Waals surface area contributed by atoms with Gasteiger partial charge in [0.15, 0.2) is 0 Å². The zero-order chi connectivity index (χ0) is 14.1. The normalized spacial score (nSPS) is 11.5. The summed E-state index contributed by atoms with van der Waals surface area (Å²) in [4.78, 5) is 8.92. The molecule has 0 atom stereocenters. The van der Waals surface area contributed by atoms with Crippen LogP contribution in [0.15, 0.2) is 49.2 Å². The van der Waals surface area contributed by atoms with E-state index < -0.39 is 0 Å². The van der Waals surface area contributed by atoms with Crippen LogP contribution in [0, 0.1) is 6.92 Å². The first-order valence-corrected chi connectivity index (χ1v) is 6.73. The van der Waals surface area contributed by atoms with E-state index in [2.05, 4.69) is 35.6 Å². The molecule has 0 aliphatic rings. The van der Waals surface area contributed by atoms with Gasteiger partial charge in [0.25, 0.3) is 0 Å². The van der Waals surface area contributed by atoms with Crippen LogP contribution in [0.25, 0.3) is 27.9 Å². The van der Waals surface area contributed by atoms with E-state index in [1.165, 1.54) is 10.9 Å². The molecular weight excluding hydrogens is 268 g/mol. The van der Waals surface area contributed by atoms with Gasteiger partial charge in [0.05, 0.1) is 17.2 Å². The summed E-state index contributed by atoms with van der Waals surface area (Å²) < 4.78 is 0. The highest BCUT2D eigenvalue weighted by Crippen LogP contribution is 2.31. The summed E-state index contributed by atoms with van der Waals surface area (Å²) in [6, 6.07) is 8.18. The van der Waals surface area contributed by atoms with Gasteiger partial charge in [-0.3, -0.25) is 4.98 Å². The molecule has 0 spiro atoms. The third kappa shape index (κ3) is 1.98. The predicted octanol–water partition coefficient (Wildman–Crippen LogP) is 4.94. The summed E-state index contributed by atoms with van der Waals surface area (Å²) in [5.41, 5.74) is 3.94. The second-order valence-corrected chi connectivity index (χ2v) is 4.96. The number of rotatable bonds is 2. The van der Waals surface area contributed by atoms with Gasteiger partial charge >= 0.3 is 0 Å². The number of fused-ring (bicyclic) bond motifs is 3. The monoisotopic (exact) mass is 280 g/mol. The van der Waals surface area contributed by atoms with Crippen molar-refractivity contribution in [3.8, 4) is 0 Å². The molecule has 0 saturated carbocycles. The van der Waals surface area contributed by atoms with Crippen molar-refractivity contribution >= 4 is 39.5 Å². The standard InChI is InChI=1S/C17H13ClN2/c1-3-4-7-13-11(2)12-8-5-6-9-14(12)17-16(13)19-10-15(18)20-17/h3-10H,1H2,2H3/b7-4-. The van der Waals surface area contributed by atoms with Crippen molar-refractivity contribution in [3.63, 3.8) is 0 Å². The fourth-order valence-electron chi connectivity index (χ4n) is 2.46. The molecule has 1 aromatic heterocycles. The van der Waals surface area contributed by atoms with Gasteiger partial charge in [-0.05, 0) is 17.9 Å². The first-order valence-electron chi connectivity index (χ1n) is 6.35. The fraction of sp³-hybridized carbons (Fsp3) is 0.0588. The van der Waals surface area contributed by atoms with Crippen molar-refractivity contribution in [1.29, 1.82) is 0 Å². The lowest BCUT2D eigenvalue weighted by atomic mass is 9.97. The maximum Gasteiger partial charge on any atom is 0.148 e. The van der Waals surface area contributed by atoms with E-state index in [4.69, 9.17) is 11.6 Å². The van der Waals surface area contributed by atoms with Crippen molar-refractivity contribution in [3.05, 3.63) is 65.5 Å². The predicted molar refractivity (Wildman–Crippen MR) is 86.0 cm³/mol. The molecule has 20 heavy (non-hydrogen) atoms. The number of aryl methyl sites for hydroxylation is 1. The Hall–Kier alpha value is -2.19. The van der Waals surface area contributed by atoms with Crippen LogP contribution in [0.4, 0.5) is 0 Å². The first kappa shape index (κ1) is 12.8. The van der Waals surface area contributed by atoms with Gasteiger partial charge in [-0.1, -0.05) is 60.7 Å². The second kappa shape index (κ2) is 5.06. The van der Waals surface area contributed by atoms with E-state index in [1.54, 1.807) is 12.3 Å². The number of aromatic nitrogens is 2. The first-order chi connectivity index (χ1) is 9.72. The van der Waals surface area contributed by atoms with Gasteiger partial charge in [0, 0.05) is 10.9 Å². The van der Waals surface area contributed by atoms with E-state index in [1.807, 2.05) is 24.3 Å². The number of halogens is 1. The van der Waals surface area contributed by atoms with Gasteiger partial charge in [-0.15, -0.1) is 0 Å². The summed E-state index contributed by atoms with van der Waals surface area (Å²) in [6.07, 6.45) is 7.26. The van der Waals surface area contributed by atoms with E-state index >= 15 is 0 Å². The molecule has 0 radical (unpaired) electrons. The Balaban J connectivity index is 2.55. The highest BCUT2D eigenvalue weighted by molar-refractivity contribution is 6.30. The highest BCUT2D eigenvalue weighted by atomic mass is 35.5. The van der Waals surface area contributed by atoms with Crippen molar-refractivity contribution in [2.75, 3.05) is 0 Å². The Kier molecular flexibility index (Phi) is 3.25. The Bertz CT molecular complexity index is 850. The molecule has 0 N–H and O–H groups in total. The number of hydrogen-bond acceptors (Lipinski definition) is 2. The van der Waals surface area contributed by atoms with Crippen LogP contribution in [-0.4, -0.2) is 9.97 Å². The lowest BCUT2D eigenvalue weighted by Gasteiger charge is -2.11. The third-order valence-corrected chi connectivity index (χ3v) is 3.57. The average molecular weight is 281 g/mol. The molecule has 98 valence electrons. The van der Waals surface area contributed by atoms with Gasteiger partial charge in [-0.25, -0.2) is 4.98 Å². The lowest BCUT2D eigenvalue weighted by Crippen LogP contribution is -1.93. The molecule has 0 unspecified atom stereocenters. The number of nitrogens with zero attached hydrogens (tertiary/aromatic N) is 2. The van der Waals surface area contributed by atoms with Crippen LogP contribution in [0.3, 0.4) is 0 Å². The summed E-state index contributed by atoms with van der Waals surface area (Å²) in [7, 11) is 0. The zero-order valence-corrected chi connectivity index (χ0v) is 11.9. The smallest absolute Gasteiger partial charge is 0.148 e. The molecule has 0 saturated heterocycles. The van der Waals surface area contributed by atoms with Gasteiger partial charge in [0.2, 0.25) is 0 Å². The minimum atomic E-state index is 0.408. The molecule has 3 aromatic rings. The van der Waals surface area contributed by atoms with Crippen molar-refractivity contribution < 1.29 is 0 Å². The topological polar surface area (TPSA) is 25.8 Å². The second-order valence-electron chi connectivity index (χ2n) is 4.57. The summed E-state index contributed by atoms with van der Waals surface area (Å²) in [5, 5.41) is 2.65. The third-order valence-electron chi connectivity index (χ3n) is 3.39. The summed E-state index contributed by atoms with van der Waals surface area (Å²) in [5.74, 6) is 0. The van der Waals surface area contributed by atoms with Crippen LogP contribution < -0.4 is 0 Å². The Morgan fingerprint density at radius 2 is 1.90 bits per heavy atom. The Morgan fingerprint density at radius 1 is 1.15 bits per heavy atom. The Morgan fingerprint density at radius 3 is 2.65 bits per heavy atom. The molecule has 1 heterocycles. The van der Waals surface area contributed by atoms with Crippen molar-refractivity contribution in [2.45, 2.75) is 6.92 Å². The van der Waals surface area contributed by atoms with Gasteiger partial charge in [0.1, 0.15) is 5.15 Å². The highest BCUT2D eigenvalue weighted by Gasteiger charge is 2.11. The lowest BCUT2D eigenvalue weighted by molar-refractivity contribution is 1.29. The largest absolute Gasteiger partial charge is 0.251 e. The van der Waals surface area contributed by atoms with Crippen LogP contribution in [0.2, 0.25) is 5.15 Å². The van der Waals surface area contributed by atoms with E-state index in [9.17, 15) is 0 Å².